The summed E-state index contributed by atoms with van der Waals surface area (Å²) in [5, 5.41) is -0.259. The van der Waals surface area contributed by atoms with E-state index in [1.54, 1.807) is 6.92 Å². The van der Waals surface area contributed by atoms with Gasteiger partial charge >= 0.3 is 5.30 Å². The summed E-state index contributed by atoms with van der Waals surface area (Å²) in [5.41, 5.74) is 0. The summed E-state index contributed by atoms with van der Waals surface area (Å²) in [6.07, 6.45) is 0. The number of carbonyl (C=O) groups is 1. The Hall–Kier alpha value is -0.480. The molecule has 0 unspecified atom stereocenters. The standard InChI is InChI=1S/C9H9BrO2S/c1-2-12-9(11)13-8-5-3-7(10)4-6-8/h3-6H,2H2,1H3. The van der Waals surface area contributed by atoms with Crippen LogP contribution in [0.5, 0.6) is 0 Å². The van der Waals surface area contributed by atoms with Gasteiger partial charge in [0.15, 0.2) is 0 Å². The summed E-state index contributed by atoms with van der Waals surface area (Å²) in [4.78, 5) is 11.9. The van der Waals surface area contributed by atoms with Crippen molar-refractivity contribution in [2.75, 3.05) is 6.61 Å². The van der Waals surface area contributed by atoms with E-state index in [2.05, 4.69) is 15.9 Å². The lowest BCUT2D eigenvalue weighted by Crippen LogP contribution is -1.95. The molecule has 0 spiro atoms. The van der Waals surface area contributed by atoms with Crippen molar-refractivity contribution in [1.29, 1.82) is 0 Å². The van der Waals surface area contributed by atoms with E-state index in [1.165, 1.54) is 0 Å². The summed E-state index contributed by atoms with van der Waals surface area (Å²) < 4.78 is 5.79. The molecule has 4 heteroatoms. The van der Waals surface area contributed by atoms with Crippen LogP contribution in [0.4, 0.5) is 4.79 Å². The molecule has 13 heavy (non-hydrogen) atoms. The van der Waals surface area contributed by atoms with E-state index in [1.807, 2.05) is 24.3 Å². The second kappa shape index (κ2) is 5.29. The maximum absolute atomic E-state index is 11.0. The maximum Gasteiger partial charge on any atom is 0.372 e. The monoisotopic (exact) mass is 260 g/mol. The van der Waals surface area contributed by atoms with E-state index in [0.29, 0.717) is 6.61 Å². The van der Waals surface area contributed by atoms with Crippen molar-refractivity contribution < 1.29 is 9.53 Å². The van der Waals surface area contributed by atoms with Crippen LogP contribution in [0, 0.1) is 0 Å². The number of halogens is 1. The molecule has 0 aliphatic heterocycles. The fraction of sp³-hybridized carbons (Fsp3) is 0.222. The Kier molecular flexibility index (Phi) is 4.32. The van der Waals surface area contributed by atoms with E-state index in [4.69, 9.17) is 4.74 Å². The highest BCUT2D eigenvalue weighted by Gasteiger charge is 2.03. The van der Waals surface area contributed by atoms with Crippen LogP contribution in [-0.4, -0.2) is 11.9 Å². The normalized spacial score (nSPS) is 9.69. The molecule has 0 atom stereocenters. The van der Waals surface area contributed by atoms with Crippen LogP contribution in [-0.2, 0) is 4.74 Å². The van der Waals surface area contributed by atoms with Crippen molar-refractivity contribution in [3.8, 4) is 0 Å². The van der Waals surface area contributed by atoms with Gasteiger partial charge in [0.25, 0.3) is 0 Å². The van der Waals surface area contributed by atoms with Crippen LogP contribution < -0.4 is 0 Å². The molecule has 0 fully saturated rings. The summed E-state index contributed by atoms with van der Waals surface area (Å²) in [6, 6.07) is 7.51. The predicted octanol–water partition coefficient (Wildman–Crippen LogP) is 3.70. The molecular formula is C9H9BrO2S. The van der Waals surface area contributed by atoms with Gasteiger partial charge in [-0.15, -0.1) is 0 Å². The molecule has 0 aliphatic carbocycles. The number of thioether (sulfide) groups is 1. The van der Waals surface area contributed by atoms with Crippen LogP contribution in [0.25, 0.3) is 0 Å². The van der Waals surface area contributed by atoms with E-state index < -0.39 is 0 Å². The van der Waals surface area contributed by atoms with Gasteiger partial charge in [0.2, 0.25) is 0 Å². The Morgan fingerprint density at radius 1 is 1.46 bits per heavy atom. The predicted molar refractivity (Wildman–Crippen MR) is 57.0 cm³/mol. The van der Waals surface area contributed by atoms with Gasteiger partial charge in [-0.25, -0.2) is 4.79 Å². The molecule has 1 aromatic rings. The Balaban J connectivity index is 2.54. The molecular weight excluding hydrogens is 252 g/mol. The summed E-state index contributed by atoms with van der Waals surface area (Å²) in [6.45, 7) is 2.21. The average Bonchev–Trinajstić information content (AvgIpc) is 2.09. The molecule has 0 bridgehead atoms. The molecule has 70 valence electrons. The van der Waals surface area contributed by atoms with Crippen molar-refractivity contribution in [3.05, 3.63) is 28.7 Å². The van der Waals surface area contributed by atoms with Crippen LogP contribution in [0.3, 0.4) is 0 Å². The van der Waals surface area contributed by atoms with Gasteiger partial charge < -0.3 is 4.74 Å². The number of benzene rings is 1. The van der Waals surface area contributed by atoms with Gasteiger partial charge in [-0.3, -0.25) is 0 Å². The van der Waals surface area contributed by atoms with Gasteiger partial charge in [0.05, 0.1) is 6.61 Å². The molecule has 0 aromatic heterocycles. The first kappa shape index (κ1) is 10.6. The lowest BCUT2D eigenvalue weighted by molar-refractivity contribution is 0.181. The molecule has 0 saturated carbocycles. The van der Waals surface area contributed by atoms with E-state index >= 15 is 0 Å². The second-order valence-electron chi connectivity index (χ2n) is 2.24. The number of hydrogen-bond acceptors (Lipinski definition) is 3. The molecule has 0 N–H and O–H groups in total. The topological polar surface area (TPSA) is 26.3 Å². The highest BCUT2D eigenvalue weighted by atomic mass is 79.9. The average molecular weight is 261 g/mol. The molecule has 2 nitrogen and oxygen atoms in total. The van der Waals surface area contributed by atoms with Gasteiger partial charge in [0.1, 0.15) is 0 Å². The molecule has 1 rings (SSSR count). The molecule has 1 aromatic carbocycles. The van der Waals surface area contributed by atoms with Crippen molar-refractivity contribution >= 4 is 33.0 Å². The number of ether oxygens (including phenoxy) is 1. The molecule has 0 heterocycles. The molecule has 0 saturated heterocycles. The van der Waals surface area contributed by atoms with Crippen molar-refractivity contribution in [1.82, 2.24) is 0 Å². The highest BCUT2D eigenvalue weighted by molar-refractivity contribution is 9.10. The van der Waals surface area contributed by atoms with Gasteiger partial charge in [0, 0.05) is 9.37 Å². The van der Waals surface area contributed by atoms with Crippen LogP contribution in [0.15, 0.2) is 33.6 Å². The van der Waals surface area contributed by atoms with E-state index in [0.717, 1.165) is 21.1 Å². The lowest BCUT2D eigenvalue weighted by Gasteiger charge is -2.00. The summed E-state index contributed by atoms with van der Waals surface area (Å²) >= 11 is 4.41. The van der Waals surface area contributed by atoms with Crippen molar-refractivity contribution in [2.45, 2.75) is 11.8 Å². The van der Waals surface area contributed by atoms with E-state index in [-0.39, 0.29) is 5.30 Å². The molecule has 0 radical (unpaired) electrons. The second-order valence-corrected chi connectivity index (χ2v) is 4.16. The quantitative estimate of drug-likeness (QED) is 0.599. The highest BCUT2D eigenvalue weighted by Crippen LogP contribution is 2.22. The Labute approximate surface area is 89.8 Å². The smallest absolute Gasteiger partial charge is 0.372 e. The van der Waals surface area contributed by atoms with Gasteiger partial charge in [-0.2, -0.15) is 0 Å². The number of rotatable bonds is 2. The van der Waals surface area contributed by atoms with Crippen LogP contribution >= 0.6 is 27.7 Å². The lowest BCUT2D eigenvalue weighted by atomic mass is 10.4. The largest absolute Gasteiger partial charge is 0.458 e. The minimum Gasteiger partial charge on any atom is -0.458 e. The van der Waals surface area contributed by atoms with Crippen molar-refractivity contribution in [2.24, 2.45) is 0 Å². The zero-order valence-electron chi connectivity index (χ0n) is 7.12. The first-order valence-corrected chi connectivity index (χ1v) is 5.43. The fourth-order valence-corrected chi connectivity index (χ4v) is 1.65. The zero-order chi connectivity index (χ0) is 9.68. The third-order valence-electron chi connectivity index (χ3n) is 1.28. The van der Waals surface area contributed by atoms with E-state index in [9.17, 15) is 4.79 Å². The first-order chi connectivity index (χ1) is 6.22. The van der Waals surface area contributed by atoms with Crippen molar-refractivity contribution in [3.63, 3.8) is 0 Å². The molecule has 0 amide bonds. The zero-order valence-corrected chi connectivity index (χ0v) is 9.52. The number of carbonyl (C=O) groups excluding carboxylic acids is 1. The minimum absolute atomic E-state index is 0.259. The maximum atomic E-state index is 11.0. The Morgan fingerprint density at radius 3 is 2.62 bits per heavy atom. The van der Waals surface area contributed by atoms with Gasteiger partial charge in [-0.1, -0.05) is 15.9 Å². The summed E-state index contributed by atoms with van der Waals surface area (Å²) in [5.74, 6) is 0. The third kappa shape index (κ3) is 3.83. The van der Waals surface area contributed by atoms with Gasteiger partial charge in [-0.05, 0) is 43.0 Å². The van der Waals surface area contributed by atoms with Crippen LogP contribution in [0.2, 0.25) is 0 Å². The third-order valence-corrected chi connectivity index (χ3v) is 2.60. The number of hydrogen-bond donors (Lipinski definition) is 0. The minimum atomic E-state index is -0.259. The SMILES string of the molecule is CCOC(=O)Sc1ccc(Br)cc1. The fourth-order valence-electron chi connectivity index (χ4n) is 0.746. The molecule has 0 aliphatic rings. The Morgan fingerprint density at radius 2 is 2.08 bits per heavy atom. The first-order valence-electron chi connectivity index (χ1n) is 3.82. The Bertz CT molecular complexity index is 284. The van der Waals surface area contributed by atoms with Crippen LogP contribution in [0.1, 0.15) is 6.92 Å². The summed E-state index contributed by atoms with van der Waals surface area (Å²) in [7, 11) is 0.